The highest BCUT2D eigenvalue weighted by Crippen LogP contribution is 2.63. The predicted molar refractivity (Wildman–Crippen MR) is 235 cm³/mol. The number of amides is 1. The van der Waals surface area contributed by atoms with Gasteiger partial charge in [0.2, 0.25) is 5.79 Å². The molecule has 0 spiro atoms. The van der Waals surface area contributed by atoms with E-state index in [0.717, 1.165) is 72.4 Å². The number of nitrogens with zero attached hydrogens (tertiary/aromatic N) is 1. The van der Waals surface area contributed by atoms with Crippen LogP contribution in [0.15, 0.2) is 82.9 Å². The minimum absolute atomic E-state index is 0.0874. The summed E-state index contributed by atoms with van der Waals surface area (Å²) >= 11 is 1.73. The lowest BCUT2D eigenvalue weighted by atomic mass is 9.56. The number of hydrogen-bond donors (Lipinski definition) is 3. The number of aliphatic hydroxyl groups is 2. The Balaban J connectivity index is 1.46. The SMILES string of the molecule is C=CCO[C@@]12Oc3ccc(OC(=O)NCCCCCCCCCCCC)cc3[C@H]3[C@H](CCCCO)[C@@H](CCCCO)C=C(C(=NOCC)C[C@@H]1Sc1ccccc1)[C@H]32. The third kappa shape index (κ3) is 12.4. The molecule has 2 aromatic rings. The highest BCUT2D eigenvalue weighted by molar-refractivity contribution is 8.00. The molecule has 320 valence electrons. The van der Waals surface area contributed by atoms with Crippen LogP contribution in [0.5, 0.6) is 11.5 Å². The van der Waals surface area contributed by atoms with Crippen LogP contribution in [-0.2, 0) is 9.57 Å². The lowest BCUT2D eigenvalue weighted by Gasteiger charge is -2.58. The van der Waals surface area contributed by atoms with Gasteiger partial charge in [-0.2, -0.15) is 0 Å². The van der Waals surface area contributed by atoms with Gasteiger partial charge < -0.3 is 34.6 Å². The number of rotatable bonds is 27. The number of unbranched alkanes of at least 4 members (excludes halogenated alkanes) is 11. The summed E-state index contributed by atoms with van der Waals surface area (Å²) < 4.78 is 20.2. The maximum Gasteiger partial charge on any atom is 0.412 e. The van der Waals surface area contributed by atoms with Crippen molar-refractivity contribution >= 4 is 23.6 Å². The van der Waals surface area contributed by atoms with Crippen molar-refractivity contribution in [1.82, 2.24) is 5.32 Å². The fourth-order valence-electron chi connectivity index (χ4n) is 9.24. The average molecular weight is 819 g/mol. The zero-order valence-corrected chi connectivity index (χ0v) is 36.0. The van der Waals surface area contributed by atoms with E-state index in [0.29, 0.717) is 38.3 Å². The first-order chi connectivity index (χ1) is 28.5. The van der Waals surface area contributed by atoms with E-state index in [4.69, 9.17) is 24.2 Å². The van der Waals surface area contributed by atoms with Gasteiger partial charge in [0, 0.05) is 42.6 Å². The zero-order chi connectivity index (χ0) is 41.0. The number of allylic oxidation sites excluding steroid dienone is 1. The molecule has 1 amide bonds. The third-order valence-electron chi connectivity index (χ3n) is 12.0. The van der Waals surface area contributed by atoms with Crippen LogP contribution in [0.4, 0.5) is 4.79 Å². The summed E-state index contributed by atoms with van der Waals surface area (Å²) in [4.78, 5) is 20.1. The van der Waals surface area contributed by atoms with Crippen LogP contribution in [0.25, 0.3) is 0 Å². The molecule has 1 aliphatic heterocycles. The van der Waals surface area contributed by atoms with E-state index in [1.54, 1.807) is 17.8 Å². The van der Waals surface area contributed by atoms with E-state index in [1.807, 2.05) is 43.3 Å². The summed E-state index contributed by atoms with van der Waals surface area (Å²) in [5.41, 5.74) is 2.96. The molecule has 5 rings (SSSR count). The van der Waals surface area contributed by atoms with Crippen molar-refractivity contribution in [1.29, 1.82) is 0 Å². The number of nitrogens with one attached hydrogen (secondary N) is 1. The molecular formula is C48H70N2O7S. The smallest absolute Gasteiger partial charge is 0.412 e. The Morgan fingerprint density at radius 3 is 2.33 bits per heavy atom. The molecule has 0 radical (unpaired) electrons. The number of aliphatic hydroxyl groups excluding tert-OH is 2. The van der Waals surface area contributed by atoms with Gasteiger partial charge in [-0.15, -0.1) is 18.3 Å². The molecule has 0 unspecified atom stereocenters. The van der Waals surface area contributed by atoms with E-state index in [-0.39, 0.29) is 42.1 Å². The molecule has 1 fully saturated rings. The van der Waals surface area contributed by atoms with Crippen LogP contribution in [0.2, 0.25) is 0 Å². The first-order valence-electron chi connectivity index (χ1n) is 22.4. The molecule has 10 heteroatoms. The highest BCUT2D eigenvalue weighted by Gasteiger charge is 2.64. The van der Waals surface area contributed by atoms with Crippen molar-refractivity contribution < 1.29 is 34.1 Å². The molecule has 1 saturated carbocycles. The van der Waals surface area contributed by atoms with Gasteiger partial charge in [-0.05, 0) is 86.8 Å². The Bertz CT molecular complexity index is 1600. The number of fused-ring (bicyclic) bond motifs is 2. The van der Waals surface area contributed by atoms with Crippen molar-refractivity contribution in [2.24, 2.45) is 22.9 Å². The second kappa shape index (κ2) is 24.7. The van der Waals surface area contributed by atoms with Crippen LogP contribution < -0.4 is 14.8 Å². The van der Waals surface area contributed by atoms with Gasteiger partial charge in [-0.25, -0.2) is 4.79 Å². The minimum Gasteiger partial charge on any atom is -0.460 e. The van der Waals surface area contributed by atoms with Crippen LogP contribution in [0.3, 0.4) is 0 Å². The lowest BCUT2D eigenvalue weighted by Crippen LogP contribution is -2.64. The third-order valence-corrected chi connectivity index (χ3v) is 13.3. The molecule has 3 N–H and O–H groups in total. The Hall–Kier alpha value is -3.31. The van der Waals surface area contributed by atoms with Crippen LogP contribution >= 0.6 is 11.8 Å². The van der Waals surface area contributed by atoms with Crippen LogP contribution in [-0.4, -0.2) is 66.0 Å². The van der Waals surface area contributed by atoms with E-state index >= 15 is 0 Å². The van der Waals surface area contributed by atoms with E-state index in [2.05, 4.69) is 37.0 Å². The molecule has 0 bridgehead atoms. The van der Waals surface area contributed by atoms with Gasteiger partial charge in [0.05, 0.1) is 23.5 Å². The fourth-order valence-corrected chi connectivity index (χ4v) is 10.6. The Morgan fingerprint density at radius 1 is 0.931 bits per heavy atom. The van der Waals surface area contributed by atoms with Crippen molar-refractivity contribution in [2.45, 2.75) is 145 Å². The summed E-state index contributed by atoms with van der Waals surface area (Å²) in [6, 6.07) is 16.1. The first-order valence-corrected chi connectivity index (χ1v) is 23.2. The zero-order valence-electron chi connectivity index (χ0n) is 35.2. The number of hydrogen-bond acceptors (Lipinski definition) is 9. The summed E-state index contributed by atoms with van der Waals surface area (Å²) in [6.07, 6.45) is 21.6. The standard InChI is InChI=1S/C48H70N2O7S/c1-4-7-8-9-10-11-12-13-14-20-29-49-47(53)56-37-27-28-43-41(34-37)45-39(26-19-22-31-52)36(23-18-21-30-51)33-40-42(50-55-6-3)35-44(58-38-24-16-15-17-25-38)48(57-43,46(40)45)54-32-5-2/h5,15-17,24-25,27-28,33-34,36,39,44-46,51-52H,2,4,6-14,18-23,26,29-32,35H2,1,3H3,(H,49,53)/t36-,39+,44-,45+,46+,48+/m0/s1. The molecule has 6 atom stereocenters. The number of oxime groups is 1. The Morgan fingerprint density at radius 2 is 1.64 bits per heavy atom. The number of thioether (sulfide) groups is 1. The molecule has 0 saturated heterocycles. The second-order valence-electron chi connectivity index (χ2n) is 16.1. The maximum atomic E-state index is 13.2. The highest BCUT2D eigenvalue weighted by atomic mass is 32.2. The van der Waals surface area contributed by atoms with Gasteiger partial charge in [-0.3, -0.25) is 0 Å². The van der Waals surface area contributed by atoms with Crippen molar-refractivity contribution in [2.75, 3.05) is 33.0 Å². The molecule has 2 aliphatic carbocycles. The molecular weight excluding hydrogens is 749 g/mol. The summed E-state index contributed by atoms with van der Waals surface area (Å²) in [5, 5.41) is 27.2. The second-order valence-corrected chi connectivity index (χ2v) is 17.4. The summed E-state index contributed by atoms with van der Waals surface area (Å²) in [5.74, 6) is 0.0851. The molecule has 58 heavy (non-hydrogen) atoms. The fraction of sp³-hybridized carbons (Fsp3) is 0.625. The minimum atomic E-state index is -1.08. The number of ether oxygens (including phenoxy) is 3. The normalized spacial score (nSPS) is 24.0. The van der Waals surface area contributed by atoms with E-state index in [1.165, 1.54) is 51.4 Å². The number of benzene rings is 2. The first kappa shape index (κ1) is 45.8. The van der Waals surface area contributed by atoms with Gasteiger partial charge in [0.25, 0.3) is 0 Å². The summed E-state index contributed by atoms with van der Waals surface area (Å²) in [6.45, 7) is 9.84. The van der Waals surface area contributed by atoms with Crippen molar-refractivity contribution in [3.05, 3.63) is 78.4 Å². The van der Waals surface area contributed by atoms with Gasteiger partial charge in [-0.1, -0.05) is 113 Å². The maximum absolute atomic E-state index is 13.2. The molecule has 0 aromatic heterocycles. The van der Waals surface area contributed by atoms with Crippen molar-refractivity contribution in [3.63, 3.8) is 0 Å². The summed E-state index contributed by atoms with van der Waals surface area (Å²) in [7, 11) is 0. The van der Waals surface area contributed by atoms with Crippen LogP contribution in [0, 0.1) is 17.8 Å². The molecule has 3 aliphatic rings. The van der Waals surface area contributed by atoms with Gasteiger partial charge in [0.15, 0.2) is 0 Å². The van der Waals surface area contributed by atoms with Gasteiger partial charge in [0.1, 0.15) is 18.1 Å². The van der Waals surface area contributed by atoms with E-state index < -0.39 is 11.9 Å². The topological polar surface area (TPSA) is 119 Å². The molecule has 1 heterocycles. The monoisotopic (exact) mass is 818 g/mol. The predicted octanol–water partition coefficient (Wildman–Crippen LogP) is 11.1. The van der Waals surface area contributed by atoms with Crippen molar-refractivity contribution in [3.8, 4) is 11.5 Å². The molecule has 9 nitrogen and oxygen atoms in total. The number of carbonyl (C=O) groups is 1. The van der Waals surface area contributed by atoms with E-state index in [9.17, 15) is 15.0 Å². The largest absolute Gasteiger partial charge is 0.460 e. The average Bonchev–Trinajstić information content (AvgIpc) is 3.23. The Labute approximate surface area is 352 Å². The number of carbonyl (C=O) groups excluding carboxylic acids is 1. The van der Waals surface area contributed by atoms with Crippen LogP contribution in [0.1, 0.15) is 134 Å². The van der Waals surface area contributed by atoms with Gasteiger partial charge >= 0.3 is 6.09 Å². The molecule has 2 aromatic carbocycles. The Kier molecular flexibility index (Phi) is 19.5. The quantitative estimate of drug-likeness (QED) is 0.0463. The lowest BCUT2D eigenvalue weighted by molar-refractivity contribution is -0.223.